The van der Waals surface area contributed by atoms with Crippen molar-refractivity contribution in [3.63, 3.8) is 0 Å². The SMILES string of the molecule is CCOC(=O)c1cccc(NC(=O)[C@H](C)Oc2ccc(C)cc2)c1C. The van der Waals surface area contributed by atoms with Crippen LogP contribution in [0.2, 0.25) is 0 Å². The summed E-state index contributed by atoms with van der Waals surface area (Å²) in [6.45, 7) is 7.49. The Kier molecular flexibility index (Phi) is 6.17. The topological polar surface area (TPSA) is 64.6 Å². The first-order valence-corrected chi connectivity index (χ1v) is 8.23. The number of benzene rings is 2. The van der Waals surface area contributed by atoms with Crippen molar-refractivity contribution >= 4 is 17.6 Å². The Morgan fingerprint density at radius 2 is 1.76 bits per heavy atom. The van der Waals surface area contributed by atoms with Gasteiger partial charge in [0.2, 0.25) is 0 Å². The Morgan fingerprint density at radius 1 is 1.08 bits per heavy atom. The first-order valence-electron chi connectivity index (χ1n) is 8.23. The molecule has 0 saturated carbocycles. The van der Waals surface area contributed by atoms with Gasteiger partial charge in [0.25, 0.3) is 5.91 Å². The average Bonchev–Trinajstić information content (AvgIpc) is 2.58. The van der Waals surface area contributed by atoms with Gasteiger partial charge in [-0.25, -0.2) is 4.79 Å². The highest BCUT2D eigenvalue weighted by Gasteiger charge is 2.18. The predicted molar refractivity (Wildman–Crippen MR) is 97.0 cm³/mol. The number of anilines is 1. The lowest BCUT2D eigenvalue weighted by Crippen LogP contribution is -2.30. The molecule has 2 aromatic carbocycles. The number of carbonyl (C=O) groups excluding carboxylic acids is 2. The minimum absolute atomic E-state index is 0.287. The van der Waals surface area contributed by atoms with Crippen LogP contribution in [0.15, 0.2) is 42.5 Å². The van der Waals surface area contributed by atoms with Crippen molar-refractivity contribution in [2.24, 2.45) is 0 Å². The highest BCUT2D eigenvalue weighted by molar-refractivity contribution is 5.98. The van der Waals surface area contributed by atoms with Crippen LogP contribution in [0.3, 0.4) is 0 Å². The number of carbonyl (C=O) groups is 2. The van der Waals surface area contributed by atoms with Gasteiger partial charge in [-0.15, -0.1) is 0 Å². The van der Waals surface area contributed by atoms with Crippen molar-refractivity contribution in [2.45, 2.75) is 33.8 Å². The van der Waals surface area contributed by atoms with Crippen LogP contribution in [0.1, 0.15) is 35.3 Å². The fourth-order valence-corrected chi connectivity index (χ4v) is 2.31. The van der Waals surface area contributed by atoms with Gasteiger partial charge in [-0.1, -0.05) is 23.8 Å². The number of hydrogen-bond acceptors (Lipinski definition) is 4. The Hall–Kier alpha value is -2.82. The molecule has 0 aliphatic carbocycles. The van der Waals surface area contributed by atoms with Crippen LogP contribution in [-0.2, 0) is 9.53 Å². The van der Waals surface area contributed by atoms with Crippen molar-refractivity contribution in [1.82, 2.24) is 0 Å². The summed E-state index contributed by atoms with van der Waals surface area (Å²) in [6.07, 6.45) is -0.673. The summed E-state index contributed by atoms with van der Waals surface area (Å²) in [5.41, 5.74) is 2.79. The highest BCUT2D eigenvalue weighted by Crippen LogP contribution is 2.21. The molecule has 0 unspecified atom stereocenters. The highest BCUT2D eigenvalue weighted by atomic mass is 16.5. The molecular formula is C20H23NO4. The summed E-state index contributed by atoms with van der Waals surface area (Å²) in [6, 6.07) is 12.6. The van der Waals surface area contributed by atoms with E-state index in [1.165, 1.54) is 0 Å². The number of amides is 1. The van der Waals surface area contributed by atoms with Crippen molar-refractivity contribution in [1.29, 1.82) is 0 Å². The largest absolute Gasteiger partial charge is 0.481 e. The third kappa shape index (κ3) is 4.83. The molecule has 5 nitrogen and oxygen atoms in total. The number of esters is 1. The molecule has 0 saturated heterocycles. The van der Waals surface area contributed by atoms with Gasteiger partial charge in [-0.2, -0.15) is 0 Å². The molecule has 1 N–H and O–H groups in total. The quantitative estimate of drug-likeness (QED) is 0.810. The van der Waals surface area contributed by atoms with E-state index in [4.69, 9.17) is 9.47 Å². The lowest BCUT2D eigenvalue weighted by Gasteiger charge is -2.17. The molecule has 25 heavy (non-hydrogen) atoms. The van der Waals surface area contributed by atoms with Gasteiger partial charge >= 0.3 is 5.97 Å². The maximum atomic E-state index is 12.4. The molecule has 0 aromatic heterocycles. The summed E-state index contributed by atoms with van der Waals surface area (Å²) < 4.78 is 10.7. The first kappa shape index (κ1) is 18.5. The van der Waals surface area contributed by atoms with E-state index in [2.05, 4.69) is 5.32 Å². The molecule has 132 valence electrons. The van der Waals surface area contributed by atoms with Crippen LogP contribution in [0.25, 0.3) is 0 Å². The number of hydrogen-bond donors (Lipinski definition) is 1. The Morgan fingerprint density at radius 3 is 2.40 bits per heavy atom. The maximum Gasteiger partial charge on any atom is 0.338 e. The minimum Gasteiger partial charge on any atom is -0.481 e. The van der Waals surface area contributed by atoms with Crippen LogP contribution in [0.5, 0.6) is 5.75 Å². The third-order valence-electron chi connectivity index (χ3n) is 3.79. The van der Waals surface area contributed by atoms with Gasteiger partial charge in [-0.3, -0.25) is 4.79 Å². The number of nitrogens with one attached hydrogen (secondary N) is 1. The molecule has 0 aliphatic heterocycles. The summed E-state index contributed by atoms with van der Waals surface area (Å²) in [5, 5.41) is 2.81. The molecule has 2 aromatic rings. The van der Waals surface area contributed by atoms with Crippen molar-refractivity contribution < 1.29 is 19.1 Å². The van der Waals surface area contributed by atoms with Crippen molar-refractivity contribution in [2.75, 3.05) is 11.9 Å². The second kappa shape index (κ2) is 8.33. The second-order valence-electron chi connectivity index (χ2n) is 5.76. The molecule has 2 rings (SSSR count). The van der Waals surface area contributed by atoms with Crippen LogP contribution in [0, 0.1) is 13.8 Å². The minimum atomic E-state index is -0.673. The van der Waals surface area contributed by atoms with E-state index < -0.39 is 12.1 Å². The molecule has 0 fully saturated rings. The van der Waals surface area contributed by atoms with E-state index in [1.54, 1.807) is 39.0 Å². The van der Waals surface area contributed by atoms with Gasteiger partial charge in [0.1, 0.15) is 5.75 Å². The van der Waals surface area contributed by atoms with E-state index in [9.17, 15) is 9.59 Å². The smallest absolute Gasteiger partial charge is 0.338 e. The lowest BCUT2D eigenvalue weighted by molar-refractivity contribution is -0.122. The summed E-state index contributed by atoms with van der Waals surface area (Å²) >= 11 is 0. The van der Waals surface area contributed by atoms with Crippen LogP contribution in [-0.4, -0.2) is 24.6 Å². The summed E-state index contributed by atoms with van der Waals surface area (Å²) in [4.78, 5) is 24.3. The average molecular weight is 341 g/mol. The van der Waals surface area contributed by atoms with Gasteiger partial charge in [0.15, 0.2) is 6.10 Å². The van der Waals surface area contributed by atoms with Gasteiger partial charge in [-0.05, 0) is 57.5 Å². The van der Waals surface area contributed by atoms with Crippen LogP contribution >= 0.6 is 0 Å². The maximum absolute atomic E-state index is 12.4. The van der Waals surface area contributed by atoms with E-state index in [1.807, 2.05) is 31.2 Å². The molecule has 0 bridgehead atoms. The zero-order chi connectivity index (χ0) is 18.4. The van der Waals surface area contributed by atoms with E-state index in [0.29, 0.717) is 29.2 Å². The third-order valence-corrected chi connectivity index (χ3v) is 3.79. The molecule has 0 spiro atoms. The molecular weight excluding hydrogens is 318 g/mol. The first-order chi connectivity index (χ1) is 11.9. The Labute approximate surface area is 148 Å². The number of aryl methyl sites for hydroxylation is 1. The Bertz CT molecular complexity index is 753. The van der Waals surface area contributed by atoms with Crippen LogP contribution < -0.4 is 10.1 Å². The standard InChI is InChI=1S/C20H23NO4/c1-5-24-20(23)17-7-6-8-18(14(17)3)21-19(22)15(4)25-16-11-9-13(2)10-12-16/h6-12,15H,5H2,1-4H3,(H,21,22)/t15-/m0/s1. The van der Waals surface area contributed by atoms with Gasteiger partial charge in [0, 0.05) is 5.69 Å². The predicted octanol–water partition coefficient (Wildman–Crippen LogP) is 3.89. The van der Waals surface area contributed by atoms with E-state index in [0.717, 1.165) is 5.56 Å². The number of ether oxygens (including phenoxy) is 2. The zero-order valence-electron chi connectivity index (χ0n) is 15.0. The normalized spacial score (nSPS) is 11.5. The van der Waals surface area contributed by atoms with Crippen LogP contribution in [0.4, 0.5) is 5.69 Å². The molecule has 0 aliphatic rings. The van der Waals surface area contributed by atoms with Crippen molar-refractivity contribution in [3.8, 4) is 5.75 Å². The monoisotopic (exact) mass is 341 g/mol. The molecule has 0 heterocycles. The Balaban J connectivity index is 2.08. The summed E-state index contributed by atoms with van der Waals surface area (Å²) in [7, 11) is 0. The number of rotatable bonds is 6. The zero-order valence-corrected chi connectivity index (χ0v) is 15.0. The molecule has 1 amide bonds. The fraction of sp³-hybridized carbons (Fsp3) is 0.300. The van der Waals surface area contributed by atoms with E-state index >= 15 is 0 Å². The second-order valence-corrected chi connectivity index (χ2v) is 5.76. The van der Waals surface area contributed by atoms with Crippen molar-refractivity contribution in [3.05, 3.63) is 59.2 Å². The van der Waals surface area contributed by atoms with E-state index in [-0.39, 0.29) is 5.91 Å². The summed E-state index contributed by atoms with van der Waals surface area (Å²) in [5.74, 6) is -0.0602. The molecule has 5 heteroatoms. The lowest BCUT2D eigenvalue weighted by atomic mass is 10.1. The van der Waals surface area contributed by atoms with Gasteiger partial charge in [0.05, 0.1) is 12.2 Å². The molecule has 0 radical (unpaired) electrons. The molecule has 1 atom stereocenters. The fourth-order valence-electron chi connectivity index (χ4n) is 2.31. The van der Waals surface area contributed by atoms with Gasteiger partial charge < -0.3 is 14.8 Å².